The molecule has 1 aliphatic rings. The fourth-order valence-electron chi connectivity index (χ4n) is 2.98. The van der Waals surface area contributed by atoms with E-state index in [0.717, 1.165) is 0 Å². The molecular formula is C20H25ClN4O3. The second-order valence-corrected chi connectivity index (χ2v) is 7.43. The summed E-state index contributed by atoms with van der Waals surface area (Å²) in [4.78, 5) is 25.4. The molecule has 0 aliphatic carbocycles. The Hall–Kier alpha value is -2.54. The summed E-state index contributed by atoms with van der Waals surface area (Å²) in [7, 11) is 1.54. The van der Waals surface area contributed by atoms with Gasteiger partial charge in [-0.2, -0.15) is 0 Å². The highest BCUT2D eigenvalue weighted by Gasteiger charge is 2.25. The molecule has 1 amide bonds. The lowest BCUT2D eigenvalue weighted by atomic mass is 10.1. The van der Waals surface area contributed by atoms with Gasteiger partial charge in [-0.15, -0.1) is 0 Å². The minimum atomic E-state index is -0.0794. The first-order valence-electron chi connectivity index (χ1n) is 9.31. The van der Waals surface area contributed by atoms with Crippen LogP contribution in [0.5, 0.6) is 11.5 Å². The zero-order chi connectivity index (χ0) is 20.1. The van der Waals surface area contributed by atoms with Gasteiger partial charge in [0, 0.05) is 44.1 Å². The van der Waals surface area contributed by atoms with Gasteiger partial charge in [0.2, 0.25) is 5.95 Å². The van der Waals surface area contributed by atoms with Gasteiger partial charge in [-0.3, -0.25) is 4.79 Å². The number of hydrogen-bond donors (Lipinski definition) is 0. The molecule has 3 rings (SSSR count). The van der Waals surface area contributed by atoms with Gasteiger partial charge in [0.25, 0.3) is 5.91 Å². The molecule has 8 heteroatoms. The standard InChI is InChI=1S/C20H25ClN4O3/c1-14(2)13-28-18-16(21)11-15(12-17(18)27-3)19(26)24-7-9-25(10-8-24)20-22-5-4-6-23-20/h4-6,11-12,14H,7-10,13H2,1-3H3. The highest BCUT2D eigenvalue weighted by molar-refractivity contribution is 6.32. The van der Waals surface area contributed by atoms with E-state index in [-0.39, 0.29) is 5.91 Å². The first kappa shape index (κ1) is 20.2. The number of anilines is 1. The summed E-state index contributed by atoms with van der Waals surface area (Å²) >= 11 is 6.38. The molecule has 150 valence electrons. The monoisotopic (exact) mass is 404 g/mol. The molecule has 1 aliphatic heterocycles. The van der Waals surface area contributed by atoms with Crippen molar-refractivity contribution in [3.63, 3.8) is 0 Å². The van der Waals surface area contributed by atoms with Crippen LogP contribution in [0.2, 0.25) is 5.02 Å². The van der Waals surface area contributed by atoms with Gasteiger partial charge in [0.05, 0.1) is 18.7 Å². The smallest absolute Gasteiger partial charge is 0.254 e. The fraction of sp³-hybridized carbons (Fsp3) is 0.450. The van der Waals surface area contributed by atoms with Crippen molar-refractivity contribution in [3.8, 4) is 11.5 Å². The van der Waals surface area contributed by atoms with E-state index in [0.29, 0.717) is 66.7 Å². The molecule has 0 atom stereocenters. The van der Waals surface area contributed by atoms with Crippen LogP contribution in [0.1, 0.15) is 24.2 Å². The minimum absolute atomic E-state index is 0.0794. The quantitative estimate of drug-likeness (QED) is 0.736. The number of nitrogens with zero attached hydrogens (tertiary/aromatic N) is 4. The van der Waals surface area contributed by atoms with Crippen molar-refractivity contribution in [3.05, 3.63) is 41.2 Å². The molecule has 2 aromatic rings. The van der Waals surface area contributed by atoms with Crippen LogP contribution in [0.3, 0.4) is 0 Å². The van der Waals surface area contributed by atoms with Gasteiger partial charge in [-0.1, -0.05) is 25.4 Å². The number of methoxy groups -OCH3 is 1. The Morgan fingerprint density at radius 3 is 2.46 bits per heavy atom. The lowest BCUT2D eigenvalue weighted by Crippen LogP contribution is -2.49. The van der Waals surface area contributed by atoms with Crippen LogP contribution in [-0.2, 0) is 0 Å². The van der Waals surface area contributed by atoms with Crippen LogP contribution in [0.25, 0.3) is 0 Å². The van der Waals surface area contributed by atoms with E-state index in [2.05, 4.69) is 28.7 Å². The van der Waals surface area contributed by atoms with Crippen molar-refractivity contribution in [1.29, 1.82) is 0 Å². The van der Waals surface area contributed by atoms with E-state index in [9.17, 15) is 4.79 Å². The van der Waals surface area contributed by atoms with Crippen molar-refractivity contribution in [2.24, 2.45) is 5.92 Å². The summed E-state index contributed by atoms with van der Waals surface area (Å²) in [6.07, 6.45) is 3.44. The Balaban J connectivity index is 1.70. The second-order valence-electron chi connectivity index (χ2n) is 7.02. The minimum Gasteiger partial charge on any atom is -0.493 e. The summed E-state index contributed by atoms with van der Waals surface area (Å²) in [5, 5.41) is 0.375. The lowest BCUT2D eigenvalue weighted by Gasteiger charge is -2.34. The number of ether oxygens (including phenoxy) is 2. The third-order valence-electron chi connectivity index (χ3n) is 4.44. The highest BCUT2D eigenvalue weighted by atomic mass is 35.5. The molecule has 0 spiro atoms. The average molecular weight is 405 g/mol. The van der Waals surface area contributed by atoms with Crippen LogP contribution >= 0.6 is 11.6 Å². The number of halogens is 1. The maximum absolute atomic E-state index is 13.0. The van der Waals surface area contributed by atoms with E-state index in [1.165, 1.54) is 0 Å². The average Bonchev–Trinajstić information content (AvgIpc) is 2.72. The normalized spacial score (nSPS) is 14.3. The maximum Gasteiger partial charge on any atom is 0.254 e. The summed E-state index contributed by atoms with van der Waals surface area (Å²) in [6.45, 7) is 7.15. The number of carbonyl (C=O) groups excluding carboxylic acids is 1. The van der Waals surface area contributed by atoms with Crippen molar-refractivity contribution in [2.75, 3.05) is 44.8 Å². The largest absolute Gasteiger partial charge is 0.493 e. The Morgan fingerprint density at radius 1 is 1.18 bits per heavy atom. The predicted octanol–water partition coefficient (Wildman–Crippen LogP) is 3.14. The molecular weight excluding hydrogens is 380 g/mol. The fourth-order valence-corrected chi connectivity index (χ4v) is 3.25. The van der Waals surface area contributed by atoms with E-state index in [1.807, 2.05) is 0 Å². The first-order chi connectivity index (χ1) is 13.5. The van der Waals surface area contributed by atoms with E-state index < -0.39 is 0 Å². The molecule has 0 bridgehead atoms. The van der Waals surface area contributed by atoms with Gasteiger partial charge in [0.1, 0.15) is 0 Å². The van der Waals surface area contributed by atoms with Crippen LogP contribution in [0.4, 0.5) is 5.95 Å². The van der Waals surface area contributed by atoms with Gasteiger partial charge in [-0.05, 0) is 24.1 Å². The number of piperazine rings is 1. The lowest BCUT2D eigenvalue weighted by molar-refractivity contribution is 0.0745. The predicted molar refractivity (Wildman–Crippen MR) is 108 cm³/mol. The van der Waals surface area contributed by atoms with Gasteiger partial charge >= 0.3 is 0 Å². The Labute approximate surface area is 170 Å². The van der Waals surface area contributed by atoms with E-state index in [1.54, 1.807) is 42.6 Å². The second kappa shape index (κ2) is 9.10. The van der Waals surface area contributed by atoms with Crippen LogP contribution < -0.4 is 14.4 Å². The first-order valence-corrected chi connectivity index (χ1v) is 9.69. The van der Waals surface area contributed by atoms with Crippen molar-refractivity contribution < 1.29 is 14.3 Å². The number of amides is 1. The topological polar surface area (TPSA) is 67.8 Å². The zero-order valence-corrected chi connectivity index (χ0v) is 17.1. The third kappa shape index (κ3) is 4.65. The number of rotatable bonds is 6. The van der Waals surface area contributed by atoms with Gasteiger partial charge < -0.3 is 19.3 Å². The highest BCUT2D eigenvalue weighted by Crippen LogP contribution is 2.37. The Morgan fingerprint density at radius 2 is 1.86 bits per heavy atom. The number of carbonyl (C=O) groups is 1. The molecule has 2 heterocycles. The van der Waals surface area contributed by atoms with E-state index >= 15 is 0 Å². The van der Waals surface area contributed by atoms with Crippen molar-refractivity contribution >= 4 is 23.5 Å². The third-order valence-corrected chi connectivity index (χ3v) is 4.72. The van der Waals surface area contributed by atoms with Crippen LogP contribution in [0, 0.1) is 5.92 Å². The van der Waals surface area contributed by atoms with E-state index in [4.69, 9.17) is 21.1 Å². The maximum atomic E-state index is 13.0. The molecule has 1 aromatic heterocycles. The molecule has 7 nitrogen and oxygen atoms in total. The van der Waals surface area contributed by atoms with Crippen molar-refractivity contribution in [1.82, 2.24) is 14.9 Å². The van der Waals surface area contributed by atoms with Gasteiger partial charge in [-0.25, -0.2) is 9.97 Å². The molecule has 1 saturated heterocycles. The van der Waals surface area contributed by atoms with Crippen LogP contribution in [0.15, 0.2) is 30.6 Å². The van der Waals surface area contributed by atoms with Gasteiger partial charge in [0.15, 0.2) is 11.5 Å². The summed E-state index contributed by atoms with van der Waals surface area (Å²) in [5.41, 5.74) is 0.489. The summed E-state index contributed by atoms with van der Waals surface area (Å²) in [5.74, 6) is 1.90. The Kier molecular flexibility index (Phi) is 6.57. The van der Waals surface area contributed by atoms with Crippen molar-refractivity contribution in [2.45, 2.75) is 13.8 Å². The van der Waals surface area contributed by atoms with Crippen LogP contribution in [-0.4, -0.2) is 60.7 Å². The number of aromatic nitrogens is 2. The zero-order valence-electron chi connectivity index (χ0n) is 16.4. The molecule has 0 saturated carbocycles. The molecule has 0 N–H and O–H groups in total. The summed E-state index contributed by atoms with van der Waals surface area (Å²) in [6, 6.07) is 5.13. The molecule has 1 aromatic carbocycles. The molecule has 0 unspecified atom stereocenters. The molecule has 28 heavy (non-hydrogen) atoms. The summed E-state index contributed by atoms with van der Waals surface area (Å²) < 4.78 is 11.2. The Bertz CT molecular complexity index is 809. The number of hydrogen-bond acceptors (Lipinski definition) is 6. The molecule has 0 radical (unpaired) electrons. The number of benzene rings is 1. The molecule has 1 fully saturated rings. The SMILES string of the molecule is COc1cc(C(=O)N2CCN(c3ncccn3)CC2)cc(Cl)c1OCC(C)C.